The Morgan fingerprint density at radius 2 is 2.11 bits per heavy atom. The minimum Gasteiger partial charge on any atom is -0.409 e. The van der Waals surface area contributed by atoms with Crippen molar-refractivity contribution in [3.8, 4) is 0 Å². The number of nitrogens with two attached hydrogens (primary N) is 1. The molecule has 6 heteroatoms. The average Bonchev–Trinajstić information content (AvgIpc) is 2.44. The van der Waals surface area contributed by atoms with Crippen molar-refractivity contribution in [1.82, 2.24) is 0 Å². The monoisotopic (exact) mass is 281 g/mol. The predicted octanol–water partition coefficient (Wildman–Crippen LogP) is 2.51. The third-order valence-corrected chi connectivity index (χ3v) is 3.47. The number of thioether (sulfide) groups is 1. The number of anilines is 1. The maximum absolute atomic E-state index is 12.1. The van der Waals surface area contributed by atoms with Crippen LogP contribution in [0.1, 0.15) is 19.8 Å². The van der Waals surface area contributed by atoms with E-state index in [2.05, 4.69) is 10.5 Å². The Kier molecular flexibility index (Phi) is 6.21. The second kappa shape index (κ2) is 7.68. The number of hydrogen-bond acceptors (Lipinski definition) is 4. The average molecular weight is 281 g/mol. The zero-order valence-electron chi connectivity index (χ0n) is 11.1. The van der Waals surface area contributed by atoms with E-state index in [1.807, 2.05) is 37.4 Å². The Hall–Kier alpha value is -1.69. The van der Waals surface area contributed by atoms with E-state index in [1.165, 1.54) is 0 Å². The van der Waals surface area contributed by atoms with Gasteiger partial charge in [0.2, 0.25) is 5.91 Å². The van der Waals surface area contributed by atoms with E-state index < -0.39 is 5.92 Å². The highest BCUT2D eigenvalue weighted by molar-refractivity contribution is 7.98. The van der Waals surface area contributed by atoms with Crippen LogP contribution in [0.25, 0.3) is 0 Å². The van der Waals surface area contributed by atoms with Gasteiger partial charge >= 0.3 is 0 Å². The molecule has 1 unspecified atom stereocenters. The van der Waals surface area contributed by atoms with Crippen molar-refractivity contribution < 1.29 is 10.0 Å². The maximum Gasteiger partial charge on any atom is 0.235 e. The molecule has 1 rings (SSSR count). The number of hydrogen-bond donors (Lipinski definition) is 3. The quantitative estimate of drug-likeness (QED) is 0.246. The highest BCUT2D eigenvalue weighted by atomic mass is 32.2. The summed E-state index contributed by atoms with van der Waals surface area (Å²) in [6, 6.07) is 7.52. The number of nitrogens with zero attached hydrogens (tertiary/aromatic N) is 1. The minimum atomic E-state index is -0.602. The molecular weight excluding hydrogens is 262 g/mol. The number of amides is 1. The van der Waals surface area contributed by atoms with Gasteiger partial charge in [0.25, 0.3) is 0 Å². The Labute approximate surface area is 117 Å². The molecule has 0 spiro atoms. The molecule has 0 aromatic heterocycles. The van der Waals surface area contributed by atoms with Crippen molar-refractivity contribution in [2.45, 2.75) is 24.7 Å². The summed E-state index contributed by atoms with van der Waals surface area (Å²) in [4.78, 5) is 13.2. The van der Waals surface area contributed by atoms with Crippen molar-refractivity contribution in [2.24, 2.45) is 16.8 Å². The predicted molar refractivity (Wildman–Crippen MR) is 78.7 cm³/mol. The van der Waals surface area contributed by atoms with Crippen LogP contribution in [-0.4, -0.2) is 23.2 Å². The molecule has 5 nitrogen and oxygen atoms in total. The van der Waals surface area contributed by atoms with Gasteiger partial charge in [-0.1, -0.05) is 18.5 Å². The first-order chi connectivity index (χ1) is 9.12. The van der Waals surface area contributed by atoms with Gasteiger partial charge in [-0.3, -0.25) is 4.79 Å². The summed E-state index contributed by atoms with van der Waals surface area (Å²) in [5.74, 6) is -0.913. The molecule has 0 heterocycles. The van der Waals surface area contributed by atoms with E-state index >= 15 is 0 Å². The zero-order chi connectivity index (χ0) is 14.3. The highest BCUT2D eigenvalue weighted by Crippen LogP contribution is 2.18. The summed E-state index contributed by atoms with van der Waals surface area (Å²) in [6.45, 7) is 1.94. The molecule has 0 aliphatic carbocycles. The summed E-state index contributed by atoms with van der Waals surface area (Å²) in [6.07, 6.45) is 3.31. The molecule has 1 atom stereocenters. The third kappa shape index (κ3) is 4.48. The second-order valence-electron chi connectivity index (χ2n) is 4.08. The van der Waals surface area contributed by atoms with Gasteiger partial charge in [-0.05, 0) is 36.9 Å². The number of oxime groups is 1. The van der Waals surface area contributed by atoms with Crippen LogP contribution < -0.4 is 11.1 Å². The lowest BCUT2D eigenvalue weighted by Gasteiger charge is -2.14. The van der Waals surface area contributed by atoms with Gasteiger partial charge in [-0.15, -0.1) is 11.8 Å². The van der Waals surface area contributed by atoms with Crippen LogP contribution in [-0.2, 0) is 4.79 Å². The van der Waals surface area contributed by atoms with E-state index in [-0.39, 0.29) is 11.7 Å². The summed E-state index contributed by atoms with van der Waals surface area (Å²) < 4.78 is 0. The van der Waals surface area contributed by atoms with Gasteiger partial charge in [-0.2, -0.15) is 0 Å². The Balaban J connectivity index is 2.75. The lowest BCUT2D eigenvalue weighted by Crippen LogP contribution is -2.34. The zero-order valence-corrected chi connectivity index (χ0v) is 11.9. The minimum absolute atomic E-state index is 0.0555. The van der Waals surface area contributed by atoms with E-state index in [0.717, 1.165) is 11.3 Å². The molecule has 1 aromatic rings. The standard InChI is InChI=1S/C13H19N3O2S/c1-3-4-11(12(14)16-18)13(17)15-9-5-7-10(19-2)8-6-9/h5-8,11,18H,3-4H2,1-2H3,(H2,14,16)(H,15,17). The van der Waals surface area contributed by atoms with Crippen molar-refractivity contribution >= 4 is 29.2 Å². The van der Waals surface area contributed by atoms with Gasteiger partial charge in [0, 0.05) is 10.6 Å². The van der Waals surface area contributed by atoms with Gasteiger partial charge < -0.3 is 16.3 Å². The van der Waals surface area contributed by atoms with Gasteiger partial charge in [-0.25, -0.2) is 0 Å². The fourth-order valence-electron chi connectivity index (χ4n) is 1.68. The molecule has 0 bridgehead atoms. The third-order valence-electron chi connectivity index (χ3n) is 2.72. The molecule has 0 saturated heterocycles. The Morgan fingerprint density at radius 1 is 1.47 bits per heavy atom. The molecule has 0 saturated carbocycles. The summed E-state index contributed by atoms with van der Waals surface area (Å²) in [5, 5.41) is 14.4. The smallest absolute Gasteiger partial charge is 0.235 e. The van der Waals surface area contributed by atoms with Crippen LogP contribution >= 0.6 is 11.8 Å². The van der Waals surface area contributed by atoms with Gasteiger partial charge in [0.15, 0.2) is 5.84 Å². The van der Waals surface area contributed by atoms with E-state index in [1.54, 1.807) is 11.8 Å². The number of nitrogens with one attached hydrogen (secondary N) is 1. The summed E-state index contributed by atoms with van der Waals surface area (Å²) in [7, 11) is 0. The second-order valence-corrected chi connectivity index (χ2v) is 4.96. The van der Waals surface area contributed by atoms with Crippen molar-refractivity contribution in [3.63, 3.8) is 0 Å². The van der Waals surface area contributed by atoms with Crippen LogP contribution in [0.2, 0.25) is 0 Å². The lowest BCUT2D eigenvalue weighted by atomic mass is 10.0. The Bertz CT molecular complexity index is 446. The van der Waals surface area contributed by atoms with Crippen molar-refractivity contribution in [1.29, 1.82) is 0 Å². The van der Waals surface area contributed by atoms with Gasteiger partial charge in [0.05, 0.1) is 5.92 Å². The van der Waals surface area contributed by atoms with Gasteiger partial charge in [0.1, 0.15) is 0 Å². The molecule has 0 radical (unpaired) electrons. The Morgan fingerprint density at radius 3 is 2.58 bits per heavy atom. The first-order valence-electron chi connectivity index (χ1n) is 6.04. The number of carbonyl (C=O) groups excluding carboxylic acids is 1. The van der Waals surface area contributed by atoms with Crippen LogP contribution in [0.15, 0.2) is 34.3 Å². The molecule has 1 aromatic carbocycles. The molecule has 1 amide bonds. The molecule has 0 aliphatic rings. The fraction of sp³-hybridized carbons (Fsp3) is 0.385. The number of rotatable bonds is 6. The molecule has 104 valence electrons. The van der Waals surface area contributed by atoms with Crippen LogP contribution in [0.3, 0.4) is 0 Å². The first kappa shape index (κ1) is 15.4. The van der Waals surface area contributed by atoms with Crippen molar-refractivity contribution in [2.75, 3.05) is 11.6 Å². The normalized spacial score (nSPS) is 13.1. The molecular formula is C13H19N3O2S. The molecule has 0 aliphatic heterocycles. The summed E-state index contributed by atoms with van der Waals surface area (Å²) in [5.41, 5.74) is 6.24. The lowest BCUT2D eigenvalue weighted by molar-refractivity contribution is -0.118. The number of amidine groups is 1. The van der Waals surface area contributed by atoms with Crippen LogP contribution in [0.5, 0.6) is 0 Å². The molecule has 0 fully saturated rings. The van der Waals surface area contributed by atoms with E-state index in [4.69, 9.17) is 10.9 Å². The van der Waals surface area contributed by atoms with E-state index in [9.17, 15) is 4.79 Å². The number of carbonyl (C=O) groups is 1. The van der Waals surface area contributed by atoms with E-state index in [0.29, 0.717) is 12.1 Å². The van der Waals surface area contributed by atoms with Crippen LogP contribution in [0.4, 0.5) is 5.69 Å². The maximum atomic E-state index is 12.1. The molecule has 19 heavy (non-hydrogen) atoms. The SMILES string of the molecule is CCCC(C(=O)Nc1ccc(SC)cc1)C(N)=NO. The fourth-order valence-corrected chi connectivity index (χ4v) is 2.08. The van der Waals surface area contributed by atoms with Crippen molar-refractivity contribution in [3.05, 3.63) is 24.3 Å². The topological polar surface area (TPSA) is 87.7 Å². The van der Waals surface area contributed by atoms with Crippen LogP contribution in [0, 0.1) is 5.92 Å². The first-order valence-corrected chi connectivity index (χ1v) is 7.27. The molecule has 4 N–H and O–H groups in total. The summed E-state index contributed by atoms with van der Waals surface area (Å²) >= 11 is 1.63. The highest BCUT2D eigenvalue weighted by Gasteiger charge is 2.22. The number of benzene rings is 1. The largest absolute Gasteiger partial charge is 0.409 e.